The Kier molecular flexibility index (Phi) is 6.43. The van der Waals surface area contributed by atoms with Gasteiger partial charge in [-0.05, 0) is 35.9 Å². The van der Waals surface area contributed by atoms with Crippen molar-refractivity contribution in [2.75, 3.05) is 38.0 Å². The number of nitrogens with one attached hydrogen (secondary N) is 1. The molecule has 2 unspecified atom stereocenters. The molecule has 3 rings (SSSR count). The summed E-state index contributed by atoms with van der Waals surface area (Å²) < 4.78 is 0. The zero-order chi connectivity index (χ0) is 20.4. The van der Waals surface area contributed by atoms with Crippen LogP contribution in [0.3, 0.4) is 0 Å². The zero-order valence-electron chi connectivity index (χ0n) is 18.0. The first kappa shape index (κ1) is 20.8. The predicted octanol–water partition coefficient (Wildman–Crippen LogP) is 3.67. The molecule has 2 amide bonds. The van der Waals surface area contributed by atoms with Crippen LogP contribution in [0.15, 0.2) is 18.2 Å². The van der Waals surface area contributed by atoms with E-state index in [0.717, 1.165) is 38.4 Å². The molecule has 1 aliphatic carbocycles. The van der Waals surface area contributed by atoms with Gasteiger partial charge < -0.3 is 15.1 Å². The van der Waals surface area contributed by atoms with Crippen LogP contribution in [-0.4, -0.2) is 54.3 Å². The fourth-order valence-corrected chi connectivity index (χ4v) is 4.19. The van der Waals surface area contributed by atoms with Crippen LogP contribution < -0.4 is 5.32 Å². The average Bonchev–Trinajstić information content (AvgIpc) is 3.48. The van der Waals surface area contributed by atoms with Crippen LogP contribution in [-0.2, 0) is 9.59 Å². The van der Waals surface area contributed by atoms with Crippen molar-refractivity contribution >= 4 is 17.5 Å². The van der Waals surface area contributed by atoms with Crippen LogP contribution in [0.1, 0.15) is 64.0 Å². The van der Waals surface area contributed by atoms with Crippen LogP contribution in [0.2, 0.25) is 0 Å². The molecule has 1 aliphatic heterocycles. The minimum absolute atomic E-state index is 0.000504. The highest BCUT2D eigenvalue weighted by Gasteiger charge is 2.49. The third-order valence-electron chi connectivity index (χ3n) is 6.20. The first-order valence-electron chi connectivity index (χ1n) is 10.8. The minimum Gasteiger partial charge on any atom is -0.340 e. The number of hydrogen-bond donors (Lipinski definition) is 1. The summed E-state index contributed by atoms with van der Waals surface area (Å²) >= 11 is 0. The molecule has 1 heterocycles. The minimum atomic E-state index is -0.183. The molecular weight excluding hydrogens is 350 g/mol. The first-order valence-corrected chi connectivity index (χ1v) is 10.8. The Labute approximate surface area is 169 Å². The maximum absolute atomic E-state index is 12.9. The predicted molar refractivity (Wildman–Crippen MR) is 114 cm³/mol. The lowest BCUT2D eigenvalue weighted by Crippen LogP contribution is -2.49. The molecule has 1 saturated heterocycles. The second-order valence-corrected chi connectivity index (χ2v) is 8.82. The molecule has 0 spiro atoms. The third kappa shape index (κ3) is 4.40. The van der Waals surface area contributed by atoms with Crippen molar-refractivity contribution in [1.82, 2.24) is 9.80 Å². The molecule has 1 aromatic rings. The Morgan fingerprint density at radius 1 is 1.00 bits per heavy atom. The van der Waals surface area contributed by atoms with E-state index in [0.29, 0.717) is 18.3 Å². The molecule has 5 heteroatoms. The first-order chi connectivity index (χ1) is 13.3. The SMILES string of the molecule is CCN1CCN(C(=O)C2CC2C(=O)Nc2c(C(C)C)cccc2C(C)C)CC1. The van der Waals surface area contributed by atoms with Crippen molar-refractivity contribution in [2.24, 2.45) is 11.8 Å². The summed E-state index contributed by atoms with van der Waals surface area (Å²) in [6.07, 6.45) is 0.680. The van der Waals surface area contributed by atoms with Gasteiger partial charge in [0.25, 0.3) is 0 Å². The second-order valence-electron chi connectivity index (χ2n) is 8.82. The number of anilines is 1. The molecule has 5 nitrogen and oxygen atoms in total. The van der Waals surface area contributed by atoms with Gasteiger partial charge in [0.05, 0.1) is 11.8 Å². The number of piperazine rings is 1. The van der Waals surface area contributed by atoms with E-state index in [4.69, 9.17) is 0 Å². The number of para-hydroxylation sites is 1. The highest BCUT2D eigenvalue weighted by Crippen LogP contribution is 2.42. The van der Waals surface area contributed by atoms with Gasteiger partial charge in [0.1, 0.15) is 0 Å². The van der Waals surface area contributed by atoms with E-state index in [1.807, 2.05) is 4.90 Å². The summed E-state index contributed by atoms with van der Waals surface area (Å²) in [6.45, 7) is 15.2. The highest BCUT2D eigenvalue weighted by molar-refractivity contribution is 6.00. The second kappa shape index (κ2) is 8.64. The van der Waals surface area contributed by atoms with Gasteiger partial charge in [0.2, 0.25) is 11.8 Å². The summed E-state index contributed by atoms with van der Waals surface area (Å²) in [7, 11) is 0. The number of benzene rings is 1. The van der Waals surface area contributed by atoms with Crippen molar-refractivity contribution in [3.05, 3.63) is 29.3 Å². The number of hydrogen-bond acceptors (Lipinski definition) is 3. The van der Waals surface area contributed by atoms with Crippen molar-refractivity contribution in [3.8, 4) is 0 Å². The summed E-state index contributed by atoms with van der Waals surface area (Å²) in [6, 6.07) is 6.25. The lowest BCUT2D eigenvalue weighted by Gasteiger charge is -2.34. The molecule has 1 aromatic carbocycles. The molecule has 1 saturated carbocycles. The Hall–Kier alpha value is -1.88. The number of amides is 2. The van der Waals surface area contributed by atoms with Crippen LogP contribution in [0.4, 0.5) is 5.69 Å². The van der Waals surface area contributed by atoms with E-state index in [-0.39, 0.29) is 23.7 Å². The molecule has 0 aromatic heterocycles. The summed E-state index contributed by atoms with van der Waals surface area (Å²) in [5, 5.41) is 3.19. The Morgan fingerprint density at radius 2 is 1.57 bits per heavy atom. The van der Waals surface area contributed by atoms with Crippen molar-refractivity contribution in [2.45, 2.75) is 52.9 Å². The van der Waals surface area contributed by atoms with Gasteiger partial charge >= 0.3 is 0 Å². The maximum atomic E-state index is 12.9. The van der Waals surface area contributed by atoms with E-state index >= 15 is 0 Å². The van der Waals surface area contributed by atoms with Crippen LogP contribution in [0.5, 0.6) is 0 Å². The van der Waals surface area contributed by atoms with E-state index < -0.39 is 0 Å². The molecule has 2 atom stereocenters. The summed E-state index contributed by atoms with van der Waals surface area (Å²) in [5.41, 5.74) is 3.28. The molecule has 0 radical (unpaired) electrons. The number of carbonyl (C=O) groups excluding carboxylic acids is 2. The molecule has 0 bridgehead atoms. The van der Waals surface area contributed by atoms with Crippen molar-refractivity contribution in [3.63, 3.8) is 0 Å². The lowest BCUT2D eigenvalue weighted by atomic mass is 9.92. The van der Waals surface area contributed by atoms with Crippen LogP contribution in [0.25, 0.3) is 0 Å². The zero-order valence-corrected chi connectivity index (χ0v) is 18.0. The number of rotatable bonds is 6. The van der Waals surface area contributed by atoms with Gasteiger partial charge in [-0.1, -0.05) is 52.8 Å². The molecule has 2 fully saturated rings. The molecule has 1 N–H and O–H groups in total. The topological polar surface area (TPSA) is 52.7 Å². The largest absolute Gasteiger partial charge is 0.340 e. The van der Waals surface area contributed by atoms with E-state index in [9.17, 15) is 9.59 Å². The van der Waals surface area contributed by atoms with Crippen molar-refractivity contribution < 1.29 is 9.59 Å². The summed E-state index contributed by atoms with van der Waals surface area (Å²) in [5.74, 6) is 0.512. The van der Waals surface area contributed by atoms with Gasteiger partial charge in [-0.25, -0.2) is 0 Å². The molecule has 154 valence electrons. The monoisotopic (exact) mass is 385 g/mol. The van der Waals surface area contributed by atoms with Gasteiger partial charge in [0.15, 0.2) is 0 Å². The Bertz CT molecular complexity index is 694. The van der Waals surface area contributed by atoms with Gasteiger partial charge in [-0.3, -0.25) is 9.59 Å². The number of likely N-dealkylation sites (N-methyl/N-ethyl adjacent to an activating group) is 1. The summed E-state index contributed by atoms with van der Waals surface area (Å²) in [4.78, 5) is 30.0. The standard InChI is InChI=1S/C23H35N3O2/c1-6-25-10-12-26(13-11-25)23(28)20-14-19(20)22(27)24-21-17(15(2)3)8-7-9-18(21)16(4)5/h7-9,15-16,19-20H,6,10-14H2,1-5H3,(H,24,27). The maximum Gasteiger partial charge on any atom is 0.228 e. The lowest BCUT2D eigenvalue weighted by molar-refractivity contribution is -0.135. The van der Waals surface area contributed by atoms with E-state index in [2.05, 4.69) is 63.0 Å². The fraction of sp³-hybridized carbons (Fsp3) is 0.652. The molecule has 28 heavy (non-hydrogen) atoms. The van der Waals surface area contributed by atoms with Gasteiger partial charge in [0, 0.05) is 31.9 Å². The quantitative estimate of drug-likeness (QED) is 0.813. The Balaban J connectivity index is 1.65. The fourth-order valence-electron chi connectivity index (χ4n) is 4.19. The van der Waals surface area contributed by atoms with Gasteiger partial charge in [-0.15, -0.1) is 0 Å². The van der Waals surface area contributed by atoms with Gasteiger partial charge in [-0.2, -0.15) is 0 Å². The smallest absolute Gasteiger partial charge is 0.228 e. The van der Waals surface area contributed by atoms with E-state index in [1.165, 1.54) is 11.1 Å². The highest BCUT2D eigenvalue weighted by atomic mass is 16.2. The van der Waals surface area contributed by atoms with Crippen LogP contribution in [0, 0.1) is 11.8 Å². The number of nitrogens with zero attached hydrogens (tertiary/aromatic N) is 2. The van der Waals surface area contributed by atoms with E-state index in [1.54, 1.807) is 0 Å². The van der Waals surface area contributed by atoms with Crippen molar-refractivity contribution in [1.29, 1.82) is 0 Å². The normalized spacial score (nSPS) is 22.6. The molecular formula is C23H35N3O2. The third-order valence-corrected chi connectivity index (χ3v) is 6.20. The Morgan fingerprint density at radius 3 is 2.07 bits per heavy atom. The molecule has 2 aliphatic rings. The average molecular weight is 386 g/mol. The van der Waals surface area contributed by atoms with Crippen LogP contribution >= 0.6 is 0 Å². The number of carbonyl (C=O) groups is 2.